The zero-order valence-corrected chi connectivity index (χ0v) is 15.5. The van der Waals surface area contributed by atoms with Gasteiger partial charge in [-0.05, 0) is 20.9 Å². The van der Waals surface area contributed by atoms with Crippen LogP contribution < -0.4 is 16.0 Å². The lowest BCUT2D eigenvalue weighted by atomic mass is 10.0. The molecule has 0 aromatic rings. The summed E-state index contributed by atoms with van der Waals surface area (Å²) < 4.78 is 30.3. The topological polar surface area (TPSA) is 80.8 Å². The van der Waals surface area contributed by atoms with Crippen LogP contribution in [0, 0.1) is 0 Å². The Morgan fingerprint density at radius 1 is 1.04 bits per heavy atom. The van der Waals surface area contributed by atoms with Crippen molar-refractivity contribution in [2.24, 2.45) is 0 Å². The number of rotatable bonds is 16. The SMILES string of the molecule is CNCCOCCNCCOCCOC(C)(C)C(F)CNC(C)=O. The quantitative estimate of drug-likeness (QED) is 0.342. The summed E-state index contributed by atoms with van der Waals surface area (Å²) in [6.07, 6.45) is -1.27. The molecule has 0 aromatic carbocycles. The molecule has 0 rings (SSSR count). The van der Waals surface area contributed by atoms with Crippen LogP contribution in [0.4, 0.5) is 4.39 Å². The number of hydrogen-bond acceptors (Lipinski definition) is 6. The van der Waals surface area contributed by atoms with Gasteiger partial charge in [-0.1, -0.05) is 0 Å². The first-order chi connectivity index (χ1) is 11.4. The summed E-state index contributed by atoms with van der Waals surface area (Å²) in [5.41, 5.74) is -0.964. The Morgan fingerprint density at radius 2 is 1.62 bits per heavy atom. The highest BCUT2D eigenvalue weighted by Crippen LogP contribution is 2.17. The van der Waals surface area contributed by atoms with Crippen molar-refractivity contribution in [3.63, 3.8) is 0 Å². The highest BCUT2D eigenvalue weighted by Gasteiger charge is 2.30. The molecule has 0 radical (unpaired) electrons. The molecule has 1 unspecified atom stereocenters. The standard InChI is InChI=1S/C16H34FN3O4/c1-14(21)20-13-15(17)16(2,3)24-12-11-23-10-7-19-6-9-22-8-5-18-4/h15,18-19H,5-13H2,1-4H3,(H,20,21). The van der Waals surface area contributed by atoms with Crippen LogP contribution in [0.3, 0.4) is 0 Å². The van der Waals surface area contributed by atoms with Gasteiger partial charge in [-0.2, -0.15) is 0 Å². The highest BCUT2D eigenvalue weighted by molar-refractivity contribution is 5.72. The summed E-state index contributed by atoms with van der Waals surface area (Å²) in [5.74, 6) is -0.253. The van der Waals surface area contributed by atoms with Gasteiger partial charge in [-0.3, -0.25) is 4.79 Å². The molecule has 0 aliphatic carbocycles. The monoisotopic (exact) mass is 351 g/mol. The molecule has 1 atom stereocenters. The fourth-order valence-electron chi connectivity index (χ4n) is 1.73. The third-order valence-corrected chi connectivity index (χ3v) is 3.33. The largest absolute Gasteiger partial charge is 0.379 e. The van der Waals surface area contributed by atoms with Crippen molar-refractivity contribution in [2.75, 3.05) is 66.3 Å². The molecular weight excluding hydrogens is 317 g/mol. The normalized spacial score (nSPS) is 13.0. The molecule has 0 spiro atoms. The van der Waals surface area contributed by atoms with Crippen LogP contribution in [0.15, 0.2) is 0 Å². The number of hydrogen-bond donors (Lipinski definition) is 3. The average Bonchev–Trinajstić information content (AvgIpc) is 2.53. The number of carbonyl (C=O) groups is 1. The van der Waals surface area contributed by atoms with Crippen molar-refractivity contribution in [3.8, 4) is 0 Å². The number of alkyl halides is 1. The second-order valence-corrected chi connectivity index (χ2v) is 5.93. The predicted octanol–water partition coefficient (Wildman–Crippen LogP) is 0.0980. The number of amides is 1. The number of likely N-dealkylation sites (N-methyl/N-ethyl adjacent to an activating group) is 1. The molecule has 0 heterocycles. The Morgan fingerprint density at radius 3 is 2.21 bits per heavy atom. The summed E-state index contributed by atoms with van der Waals surface area (Å²) >= 11 is 0. The second-order valence-electron chi connectivity index (χ2n) is 5.93. The highest BCUT2D eigenvalue weighted by atomic mass is 19.1. The van der Waals surface area contributed by atoms with Crippen molar-refractivity contribution in [3.05, 3.63) is 0 Å². The van der Waals surface area contributed by atoms with Crippen LogP contribution >= 0.6 is 0 Å². The first-order valence-corrected chi connectivity index (χ1v) is 8.43. The molecule has 1 amide bonds. The van der Waals surface area contributed by atoms with Gasteiger partial charge >= 0.3 is 0 Å². The number of nitrogens with one attached hydrogen (secondary N) is 3. The Bertz CT molecular complexity index is 320. The van der Waals surface area contributed by atoms with Gasteiger partial charge < -0.3 is 30.2 Å². The van der Waals surface area contributed by atoms with E-state index < -0.39 is 11.8 Å². The van der Waals surface area contributed by atoms with E-state index in [-0.39, 0.29) is 12.5 Å². The van der Waals surface area contributed by atoms with Crippen molar-refractivity contribution in [1.82, 2.24) is 16.0 Å². The molecule has 0 saturated carbocycles. The first-order valence-electron chi connectivity index (χ1n) is 8.43. The number of halogens is 1. The number of carbonyl (C=O) groups excluding carboxylic acids is 1. The van der Waals surface area contributed by atoms with Gasteiger partial charge in [-0.15, -0.1) is 0 Å². The predicted molar refractivity (Wildman–Crippen MR) is 92.0 cm³/mol. The molecule has 0 aromatic heterocycles. The molecule has 144 valence electrons. The van der Waals surface area contributed by atoms with E-state index in [1.165, 1.54) is 6.92 Å². The molecule has 7 nitrogen and oxygen atoms in total. The third-order valence-electron chi connectivity index (χ3n) is 3.33. The molecule has 0 saturated heterocycles. The summed E-state index contributed by atoms with van der Waals surface area (Å²) in [5, 5.41) is 8.66. The zero-order valence-electron chi connectivity index (χ0n) is 15.5. The van der Waals surface area contributed by atoms with Crippen LogP contribution in [0.25, 0.3) is 0 Å². The summed E-state index contributed by atoms with van der Waals surface area (Å²) in [4.78, 5) is 10.8. The van der Waals surface area contributed by atoms with Crippen molar-refractivity contribution in [2.45, 2.75) is 32.5 Å². The Labute approximate surface area is 145 Å². The van der Waals surface area contributed by atoms with Crippen LogP contribution in [0.1, 0.15) is 20.8 Å². The molecular formula is C16H34FN3O4. The minimum atomic E-state index is -1.27. The fraction of sp³-hybridized carbons (Fsp3) is 0.938. The molecule has 0 fully saturated rings. The van der Waals surface area contributed by atoms with E-state index in [2.05, 4.69) is 16.0 Å². The fourth-order valence-corrected chi connectivity index (χ4v) is 1.73. The van der Waals surface area contributed by atoms with Gasteiger partial charge in [0.25, 0.3) is 0 Å². The average molecular weight is 351 g/mol. The minimum absolute atomic E-state index is 0.0521. The van der Waals surface area contributed by atoms with Gasteiger partial charge in [0.1, 0.15) is 6.17 Å². The van der Waals surface area contributed by atoms with Gasteiger partial charge in [0.05, 0.1) is 45.2 Å². The van der Waals surface area contributed by atoms with Gasteiger partial charge in [0.2, 0.25) is 5.91 Å². The van der Waals surface area contributed by atoms with E-state index in [1.807, 2.05) is 7.05 Å². The summed E-state index contributed by atoms with van der Waals surface area (Å²) in [6, 6.07) is 0. The van der Waals surface area contributed by atoms with Crippen molar-refractivity contribution < 1.29 is 23.4 Å². The first kappa shape index (κ1) is 23.2. The maximum absolute atomic E-state index is 14.0. The van der Waals surface area contributed by atoms with E-state index >= 15 is 0 Å². The van der Waals surface area contributed by atoms with E-state index in [0.717, 1.165) is 19.6 Å². The molecule has 0 bridgehead atoms. The molecule has 8 heteroatoms. The van der Waals surface area contributed by atoms with Gasteiger partial charge in [0.15, 0.2) is 0 Å². The van der Waals surface area contributed by atoms with E-state index in [1.54, 1.807) is 13.8 Å². The Kier molecular flexibility index (Phi) is 14.1. The molecule has 0 aliphatic rings. The minimum Gasteiger partial charge on any atom is -0.379 e. The molecule has 3 N–H and O–H groups in total. The van der Waals surface area contributed by atoms with Crippen LogP contribution in [-0.4, -0.2) is 83.9 Å². The summed E-state index contributed by atoms with van der Waals surface area (Å²) in [6.45, 7) is 9.64. The van der Waals surface area contributed by atoms with E-state index in [9.17, 15) is 9.18 Å². The van der Waals surface area contributed by atoms with Crippen LogP contribution in [0.2, 0.25) is 0 Å². The van der Waals surface area contributed by atoms with E-state index in [4.69, 9.17) is 14.2 Å². The molecule has 24 heavy (non-hydrogen) atoms. The van der Waals surface area contributed by atoms with Crippen molar-refractivity contribution in [1.29, 1.82) is 0 Å². The lowest BCUT2D eigenvalue weighted by Crippen LogP contribution is -2.44. The van der Waals surface area contributed by atoms with E-state index in [0.29, 0.717) is 33.0 Å². The number of ether oxygens (including phenoxy) is 3. The lowest BCUT2D eigenvalue weighted by Gasteiger charge is -2.29. The van der Waals surface area contributed by atoms with Gasteiger partial charge in [-0.25, -0.2) is 4.39 Å². The van der Waals surface area contributed by atoms with Crippen molar-refractivity contribution >= 4 is 5.91 Å². The van der Waals surface area contributed by atoms with Crippen LogP contribution in [-0.2, 0) is 19.0 Å². The summed E-state index contributed by atoms with van der Waals surface area (Å²) in [7, 11) is 1.89. The third kappa shape index (κ3) is 13.6. The Hall–Kier alpha value is -0.800. The maximum Gasteiger partial charge on any atom is 0.216 e. The lowest BCUT2D eigenvalue weighted by molar-refractivity contribution is -0.120. The molecule has 0 aliphatic heterocycles. The second kappa shape index (κ2) is 14.5. The van der Waals surface area contributed by atoms with Gasteiger partial charge in [0, 0.05) is 26.6 Å². The smallest absolute Gasteiger partial charge is 0.216 e. The Balaban J connectivity index is 3.46. The zero-order chi connectivity index (χ0) is 18.3. The van der Waals surface area contributed by atoms with Crippen LogP contribution in [0.5, 0.6) is 0 Å². The maximum atomic E-state index is 14.0.